The third kappa shape index (κ3) is 6.10. The van der Waals surface area contributed by atoms with Gasteiger partial charge < -0.3 is 9.26 Å². The molecule has 0 radical (unpaired) electrons. The average Bonchev–Trinajstić information content (AvgIpc) is 2.29. The van der Waals surface area contributed by atoms with Crippen LogP contribution in [0.25, 0.3) is 0 Å². The zero-order chi connectivity index (χ0) is 14.5. The first-order valence-electron chi connectivity index (χ1n) is 5.76. The van der Waals surface area contributed by atoms with E-state index in [9.17, 15) is 9.36 Å². The van der Waals surface area contributed by atoms with Gasteiger partial charge in [0.2, 0.25) is 0 Å². The fourth-order valence-corrected chi connectivity index (χ4v) is 2.49. The monoisotopic (exact) mass is 305 g/mol. The van der Waals surface area contributed by atoms with Crippen LogP contribution < -0.4 is 9.61 Å². The number of esters is 1. The van der Waals surface area contributed by atoms with Crippen LogP contribution >= 0.6 is 19.1 Å². The molecule has 0 fully saturated rings. The molecule has 0 spiro atoms. The van der Waals surface area contributed by atoms with Gasteiger partial charge in [-0.2, -0.15) is 0 Å². The molecule has 0 aliphatic heterocycles. The van der Waals surface area contributed by atoms with E-state index in [1.807, 2.05) is 0 Å². The predicted molar refractivity (Wildman–Crippen MR) is 74.8 cm³/mol. The highest BCUT2D eigenvalue weighted by atomic mass is 35.5. The van der Waals surface area contributed by atoms with E-state index in [4.69, 9.17) is 20.9 Å². The highest BCUT2D eigenvalue weighted by molar-refractivity contribution is 7.56. The summed E-state index contributed by atoms with van der Waals surface area (Å²) in [6.07, 6.45) is -0.213. The molecule has 0 aliphatic rings. The van der Waals surface area contributed by atoms with Gasteiger partial charge in [-0.3, -0.25) is 9.36 Å². The number of rotatable bonds is 6. The van der Waals surface area contributed by atoms with Gasteiger partial charge in [-0.15, -0.1) is 0 Å². The summed E-state index contributed by atoms with van der Waals surface area (Å²) in [4.78, 5) is 11.3. The highest BCUT2D eigenvalue weighted by Crippen LogP contribution is 2.41. The lowest BCUT2D eigenvalue weighted by Crippen LogP contribution is -2.25. The first kappa shape index (κ1) is 16.0. The van der Waals surface area contributed by atoms with Gasteiger partial charge in [-0.05, 0) is 26.0 Å². The van der Waals surface area contributed by atoms with Crippen molar-refractivity contribution in [2.24, 2.45) is 0 Å². The Morgan fingerprint density at radius 3 is 2.63 bits per heavy atom. The van der Waals surface area contributed by atoms with Gasteiger partial charge >= 0.3 is 13.5 Å². The zero-order valence-electron chi connectivity index (χ0n) is 11.1. The fourth-order valence-electron chi connectivity index (χ4n) is 1.25. The first-order valence-corrected chi connectivity index (χ1v) is 8.21. The summed E-state index contributed by atoms with van der Waals surface area (Å²) in [5.74, 6) is -0.181. The number of benzene rings is 1. The molecule has 1 N–H and O–H groups in total. The molecule has 1 aromatic carbocycles. The van der Waals surface area contributed by atoms with Gasteiger partial charge in [-0.25, -0.2) is 5.09 Å². The van der Waals surface area contributed by atoms with Crippen LogP contribution in [0.4, 0.5) is 0 Å². The van der Waals surface area contributed by atoms with Gasteiger partial charge in [0.15, 0.2) is 0 Å². The van der Waals surface area contributed by atoms with E-state index in [0.29, 0.717) is 10.8 Å². The molecule has 0 aliphatic carbocycles. The Morgan fingerprint density at radius 1 is 1.42 bits per heavy atom. The van der Waals surface area contributed by atoms with Crippen molar-refractivity contribution in [2.45, 2.75) is 20.0 Å². The molecule has 19 heavy (non-hydrogen) atoms. The molecule has 106 valence electrons. The lowest BCUT2D eigenvalue weighted by Gasteiger charge is -2.17. The maximum absolute atomic E-state index is 12.1. The fraction of sp³-hybridized carbons (Fsp3) is 0.417. The van der Waals surface area contributed by atoms with E-state index in [2.05, 4.69) is 5.09 Å². The number of hydrogen-bond acceptors (Lipinski definition) is 4. The van der Waals surface area contributed by atoms with Crippen LogP contribution in [0, 0.1) is 0 Å². The summed E-state index contributed by atoms with van der Waals surface area (Å²) in [7, 11) is -3.17. The van der Waals surface area contributed by atoms with E-state index in [1.165, 1.54) is 6.66 Å². The molecule has 1 rings (SSSR count). The Labute approximate surface area is 117 Å². The van der Waals surface area contributed by atoms with Gasteiger partial charge in [0.1, 0.15) is 12.3 Å². The maximum atomic E-state index is 12.1. The Morgan fingerprint density at radius 2 is 2.05 bits per heavy atom. The van der Waals surface area contributed by atoms with Crippen molar-refractivity contribution in [3.63, 3.8) is 0 Å². The molecule has 1 atom stereocenters. The third-order valence-corrected chi connectivity index (χ3v) is 3.58. The summed E-state index contributed by atoms with van der Waals surface area (Å²) >= 11 is 5.90. The lowest BCUT2D eigenvalue weighted by molar-refractivity contribution is -0.145. The summed E-state index contributed by atoms with van der Waals surface area (Å²) in [5.41, 5.74) is 0. The Bertz CT molecular complexity index is 492. The molecule has 0 saturated carbocycles. The number of ether oxygens (including phenoxy) is 1. The topological polar surface area (TPSA) is 64.6 Å². The van der Waals surface area contributed by atoms with Crippen molar-refractivity contribution in [2.75, 3.05) is 13.2 Å². The molecule has 1 aromatic rings. The number of hydrogen-bond donors (Lipinski definition) is 1. The van der Waals surface area contributed by atoms with Crippen molar-refractivity contribution in [3.8, 4) is 5.75 Å². The molecule has 7 heteroatoms. The first-order chi connectivity index (χ1) is 8.80. The normalized spacial score (nSPS) is 13.9. The quantitative estimate of drug-likeness (QED) is 0.646. The molecule has 0 aromatic heterocycles. The van der Waals surface area contributed by atoms with Crippen LogP contribution in [0.2, 0.25) is 5.02 Å². The third-order valence-electron chi connectivity index (χ3n) is 1.99. The minimum absolute atomic E-state index is 0.184. The van der Waals surface area contributed by atoms with Crippen molar-refractivity contribution in [3.05, 3.63) is 29.3 Å². The van der Waals surface area contributed by atoms with Crippen molar-refractivity contribution < 1.29 is 18.6 Å². The molecule has 0 bridgehead atoms. The second-order valence-electron chi connectivity index (χ2n) is 4.24. The standard InChI is InChI=1S/C12H17ClNO4P/c1-9(2)17-12(15)8-14-19(3,16)18-11-7-5-4-6-10(11)13/h4-7,9H,8H2,1-3H3,(H,14,16). The number of nitrogens with one attached hydrogen (secondary N) is 1. The van der Waals surface area contributed by atoms with E-state index in [0.717, 1.165) is 0 Å². The number of carbonyl (C=O) groups is 1. The SMILES string of the molecule is CC(C)OC(=O)CNP(C)(=O)Oc1ccccc1Cl. The van der Waals surface area contributed by atoms with E-state index >= 15 is 0 Å². The van der Waals surface area contributed by atoms with Gasteiger partial charge in [0.05, 0.1) is 11.1 Å². The van der Waals surface area contributed by atoms with Crippen molar-refractivity contribution in [1.82, 2.24) is 5.09 Å². The number of halogens is 1. The second kappa shape index (κ2) is 6.94. The summed E-state index contributed by atoms with van der Waals surface area (Å²) in [5, 5.41) is 2.90. The highest BCUT2D eigenvalue weighted by Gasteiger charge is 2.20. The Hall–Kier alpha value is -1.03. The molecule has 5 nitrogen and oxygen atoms in total. The molecular formula is C12H17ClNO4P. The molecule has 1 unspecified atom stereocenters. The van der Waals surface area contributed by atoms with E-state index < -0.39 is 13.5 Å². The second-order valence-corrected chi connectivity index (χ2v) is 6.84. The minimum atomic E-state index is -3.17. The van der Waals surface area contributed by atoms with E-state index in [1.54, 1.807) is 38.1 Å². The number of para-hydroxylation sites is 1. The number of carbonyl (C=O) groups excluding carboxylic acids is 1. The molecule has 0 amide bonds. The summed E-state index contributed by atoms with van der Waals surface area (Å²) in [6, 6.07) is 6.69. The molecule has 0 saturated heterocycles. The Kier molecular flexibility index (Phi) is 5.85. The molecular weight excluding hydrogens is 289 g/mol. The zero-order valence-corrected chi connectivity index (χ0v) is 12.7. The van der Waals surface area contributed by atoms with Crippen LogP contribution in [0.3, 0.4) is 0 Å². The largest absolute Gasteiger partial charge is 0.462 e. The van der Waals surface area contributed by atoms with Crippen LogP contribution in [0.5, 0.6) is 5.75 Å². The molecule has 0 heterocycles. The van der Waals surface area contributed by atoms with Crippen LogP contribution in [-0.2, 0) is 14.1 Å². The van der Waals surface area contributed by atoms with Gasteiger partial charge in [-0.1, -0.05) is 23.7 Å². The minimum Gasteiger partial charge on any atom is -0.462 e. The summed E-state index contributed by atoms with van der Waals surface area (Å²) in [6.45, 7) is 4.67. The summed E-state index contributed by atoms with van der Waals surface area (Å²) < 4.78 is 22.3. The Balaban J connectivity index is 2.55. The van der Waals surface area contributed by atoms with Crippen LogP contribution in [0.15, 0.2) is 24.3 Å². The van der Waals surface area contributed by atoms with Crippen LogP contribution in [-0.4, -0.2) is 25.3 Å². The van der Waals surface area contributed by atoms with Crippen molar-refractivity contribution in [1.29, 1.82) is 0 Å². The predicted octanol–water partition coefficient (Wildman–Crippen LogP) is 3.08. The van der Waals surface area contributed by atoms with Gasteiger partial charge in [0.25, 0.3) is 0 Å². The van der Waals surface area contributed by atoms with E-state index in [-0.39, 0.29) is 12.6 Å². The maximum Gasteiger partial charge on any atom is 0.320 e. The lowest BCUT2D eigenvalue weighted by atomic mass is 10.3. The van der Waals surface area contributed by atoms with Crippen LogP contribution in [0.1, 0.15) is 13.8 Å². The van der Waals surface area contributed by atoms with Gasteiger partial charge in [0, 0.05) is 6.66 Å². The average molecular weight is 306 g/mol. The smallest absolute Gasteiger partial charge is 0.320 e. The van der Waals surface area contributed by atoms with Crippen molar-refractivity contribution >= 4 is 25.1 Å².